The number of sulfonamides is 1. The van der Waals surface area contributed by atoms with E-state index in [0.29, 0.717) is 15.4 Å². The molecule has 3 nitrogen and oxygen atoms in total. The maximum Gasteiger partial charge on any atom is 0.240 e. The maximum atomic E-state index is 12.0. The molecule has 0 heterocycles. The van der Waals surface area contributed by atoms with Crippen molar-refractivity contribution in [2.75, 3.05) is 6.54 Å². The molecule has 100 valence electrons. The second-order valence-corrected chi connectivity index (χ2v) is 7.87. The van der Waals surface area contributed by atoms with Crippen LogP contribution in [0.3, 0.4) is 0 Å². The lowest BCUT2D eigenvalue weighted by Gasteiger charge is -2.11. The lowest BCUT2D eigenvalue weighted by atomic mass is 10.3. The highest BCUT2D eigenvalue weighted by Crippen LogP contribution is 2.35. The van der Waals surface area contributed by atoms with Gasteiger partial charge in [0.25, 0.3) is 0 Å². The zero-order valence-corrected chi connectivity index (χ0v) is 13.3. The monoisotopic (exact) mass is 371 g/mol. The number of benzene rings is 1. The molecule has 1 fully saturated rings. The average molecular weight is 373 g/mol. The average Bonchev–Trinajstić information content (AvgIpc) is 3.13. The molecule has 1 unspecified atom stereocenters. The van der Waals surface area contributed by atoms with Gasteiger partial charge >= 0.3 is 0 Å². The Kier molecular flexibility index (Phi) is 4.60. The fourth-order valence-corrected chi connectivity index (χ4v) is 3.70. The van der Waals surface area contributed by atoms with Crippen LogP contribution in [0.4, 0.5) is 0 Å². The maximum absolute atomic E-state index is 12.0. The van der Waals surface area contributed by atoms with E-state index in [9.17, 15) is 8.42 Å². The zero-order chi connectivity index (χ0) is 13.3. The van der Waals surface area contributed by atoms with Crippen LogP contribution in [0, 0.1) is 5.92 Å². The third-order valence-corrected chi connectivity index (χ3v) is 5.95. The highest BCUT2D eigenvalue weighted by molar-refractivity contribution is 9.10. The Labute approximate surface area is 125 Å². The van der Waals surface area contributed by atoms with Crippen LogP contribution >= 0.6 is 39.1 Å². The van der Waals surface area contributed by atoms with Crippen LogP contribution in [0.5, 0.6) is 0 Å². The first-order valence-electron chi connectivity index (χ1n) is 5.49. The molecule has 0 spiro atoms. The summed E-state index contributed by atoms with van der Waals surface area (Å²) in [6.07, 6.45) is 2.17. The van der Waals surface area contributed by atoms with E-state index in [0.717, 1.165) is 12.8 Å². The molecule has 18 heavy (non-hydrogen) atoms. The SMILES string of the molecule is O=S(=O)(NCC(Cl)C1CC1)c1ccc(Cl)c(Br)c1. The summed E-state index contributed by atoms with van der Waals surface area (Å²) in [5, 5.41) is 0.345. The van der Waals surface area contributed by atoms with Crippen LogP contribution < -0.4 is 4.72 Å². The highest BCUT2D eigenvalue weighted by Gasteiger charge is 2.30. The lowest BCUT2D eigenvalue weighted by molar-refractivity contribution is 0.576. The fraction of sp³-hybridized carbons (Fsp3) is 0.455. The van der Waals surface area contributed by atoms with E-state index in [4.69, 9.17) is 23.2 Å². The Balaban J connectivity index is 2.07. The summed E-state index contributed by atoms with van der Waals surface area (Å²) in [4.78, 5) is 0.179. The van der Waals surface area contributed by atoms with Crippen molar-refractivity contribution in [3.8, 4) is 0 Å². The summed E-state index contributed by atoms with van der Waals surface area (Å²) in [7, 11) is -3.52. The quantitative estimate of drug-likeness (QED) is 0.805. The molecule has 1 aliphatic rings. The highest BCUT2D eigenvalue weighted by atomic mass is 79.9. The van der Waals surface area contributed by atoms with Gasteiger partial charge in [0.05, 0.1) is 9.92 Å². The molecule has 1 atom stereocenters. The van der Waals surface area contributed by atoms with Gasteiger partial charge in [-0.15, -0.1) is 11.6 Å². The van der Waals surface area contributed by atoms with E-state index in [-0.39, 0.29) is 16.8 Å². The molecule has 2 rings (SSSR count). The van der Waals surface area contributed by atoms with Gasteiger partial charge < -0.3 is 0 Å². The molecule has 1 aromatic rings. The van der Waals surface area contributed by atoms with Crippen molar-refractivity contribution in [2.24, 2.45) is 5.92 Å². The summed E-state index contributed by atoms with van der Waals surface area (Å²) in [5.74, 6) is 0.450. The number of halogens is 3. The summed E-state index contributed by atoms with van der Waals surface area (Å²) in [6, 6.07) is 4.49. The van der Waals surface area contributed by atoms with Crippen molar-refractivity contribution in [2.45, 2.75) is 23.1 Å². The first kappa shape index (κ1) is 14.6. The molecule has 7 heteroatoms. The second kappa shape index (κ2) is 5.67. The predicted octanol–water partition coefficient (Wildman–Crippen LogP) is 3.40. The summed E-state index contributed by atoms with van der Waals surface area (Å²) < 4.78 is 27.1. The molecular formula is C11H12BrCl2NO2S. The van der Waals surface area contributed by atoms with Gasteiger partial charge in [0.2, 0.25) is 10.0 Å². The third kappa shape index (κ3) is 3.61. The molecule has 1 saturated carbocycles. The Morgan fingerprint density at radius 3 is 2.67 bits per heavy atom. The predicted molar refractivity (Wildman–Crippen MR) is 76.7 cm³/mol. The van der Waals surface area contributed by atoms with Crippen LogP contribution in [0.1, 0.15) is 12.8 Å². The second-order valence-electron chi connectivity index (χ2n) is 4.28. The van der Waals surface area contributed by atoms with Gasteiger partial charge in [-0.25, -0.2) is 13.1 Å². The minimum absolute atomic E-state index is 0.129. The number of hydrogen-bond acceptors (Lipinski definition) is 2. The first-order valence-corrected chi connectivity index (χ1v) is 8.58. The van der Waals surface area contributed by atoms with Crippen LogP contribution in [0.25, 0.3) is 0 Å². The van der Waals surface area contributed by atoms with Crippen molar-refractivity contribution in [3.05, 3.63) is 27.7 Å². The van der Waals surface area contributed by atoms with Crippen LogP contribution in [0.2, 0.25) is 5.02 Å². The lowest BCUT2D eigenvalue weighted by Crippen LogP contribution is -2.30. The Hall–Kier alpha value is 0.190. The summed E-state index contributed by atoms with van der Waals surface area (Å²) >= 11 is 15.1. The first-order chi connectivity index (χ1) is 8.40. The van der Waals surface area contributed by atoms with Crippen molar-refractivity contribution in [1.29, 1.82) is 0 Å². The van der Waals surface area contributed by atoms with E-state index in [1.807, 2.05) is 0 Å². The number of nitrogens with one attached hydrogen (secondary N) is 1. The normalized spacial score (nSPS) is 17.7. The molecule has 1 aliphatic carbocycles. The van der Waals surface area contributed by atoms with E-state index in [2.05, 4.69) is 20.7 Å². The largest absolute Gasteiger partial charge is 0.240 e. The van der Waals surface area contributed by atoms with Gasteiger partial charge in [0.1, 0.15) is 0 Å². The molecule has 0 saturated heterocycles. The molecule has 0 bridgehead atoms. The van der Waals surface area contributed by atoms with Crippen molar-refractivity contribution in [3.63, 3.8) is 0 Å². The van der Waals surface area contributed by atoms with Gasteiger partial charge in [0, 0.05) is 16.4 Å². The Bertz CT molecular complexity index is 546. The smallest absolute Gasteiger partial charge is 0.210 e. The minimum atomic E-state index is -3.52. The van der Waals surface area contributed by atoms with Gasteiger partial charge in [-0.2, -0.15) is 0 Å². The molecule has 1 N–H and O–H groups in total. The molecule has 0 amide bonds. The molecule has 0 aliphatic heterocycles. The third-order valence-electron chi connectivity index (χ3n) is 2.80. The van der Waals surface area contributed by atoms with Gasteiger partial charge in [0.15, 0.2) is 0 Å². The number of rotatable bonds is 5. The minimum Gasteiger partial charge on any atom is -0.210 e. The molecule has 0 radical (unpaired) electrons. The standard InChI is InChI=1S/C11H12BrCl2NO2S/c12-9-5-8(3-4-10(9)13)18(16,17)15-6-11(14)7-1-2-7/h3-5,7,11,15H,1-2,6H2. The van der Waals surface area contributed by atoms with E-state index in [1.165, 1.54) is 12.1 Å². The van der Waals surface area contributed by atoms with E-state index in [1.54, 1.807) is 6.07 Å². The van der Waals surface area contributed by atoms with Gasteiger partial charge in [-0.05, 0) is 52.9 Å². The number of alkyl halides is 1. The van der Waals surface area contributed by atoms with E-state index < -0.39 is 10.0 Å². The topological polar surface area (TPSA) is 46.2 Å². The van der Waals surface area contributed by atoms with Crippen molar-refractivity contribution < 1.29 is 8.42 Å². The van der Waals surface area contributed by atoms with Crippen LogP contribution in [-0.2, 0) is 10.0 Å². The summed E-state index contributed by atoms with van der Waals surface area (Å²) in [6.45, 7) is 0.259. The molecule has 1 aromatic carbocycles. The van der Waals surface area contributed by atoms with E-state index >= 15 is 0 Å². The van der Waals surface area contributed by atoms with Crippen molar-refractivity contribution >= 4 is 49.2 Å². The van der Waals surface area contributed by atoms with Gasteiger partial charge in [-0.1, -0.05) is 11.6 Å². The van der Waals surface area contributed by atoms with Crippen LogP contribution in [-0.4, -0.2) is 20.3 Å². The summed E-state index contributed by atoms with van der Waals surface area (Å²) in [5.41, 5.74) is 0. The Morgan fingerprint density at radius 2 is 2.11 bits per heavy atom. The fourth-order valence-electron chi connectivity index (χ4n) is 1.54. The van der Waals surface area contributed by atoms with Gasteiger partial charge in [-0.3, -0.25) is 0 Å². The zero-order valence-electron chi connectivity index (χ0n) is 9.37. The molecule has 0 aromatic heterocycles. The van der Waals surface area contributed by atoms with Crippen molar-refractivity contribution in [1.82, 2.24) is 4.72 Å². The van der Waals surface area contributed by atoms with Crippen LogP contribution in [0.15, 0.2) is 27.6 Å². The molecular weight excluding hydrogens is 361 g/mol. The number of hydrogen-bond donors (Lipinski definition) is 1. The Morgan fingerprint density at radius 1 is 1.44 bits per heavy atom.